The van der Waals surface area contributed by atoms with Crippen molar-refractivity contribution in [2.45, 2.75) is 19.5 Å². The Morgan fingerprint density at radius 1 is 1.32 bits per heavy atom. The lowest BCUT2D eigenvalue weighted by Gasteiger charge is -2.29. The molecule has 0 spiro atoms. The second kappa shape index (κ2) is 7.74. The summed E-state index contributed by atoms with van der Waals surface area (Å²) in [6, 6.07) is 6.79. The molecular formula is C14H20Br2N2O. The van der Waals surface area contributed by atoms with Gasteiger partial charge >= 0.3 is 0 Å². The molecule has 1 heterocycles. The molecule has 1 N–H and O–H groups in total. The van der Waals surface area contributed by atoms with Crippen LogP contribution < -0.4 is 5.32 Å². The van der Waals surface area contributed by atoms with Crippen molar-refractivity contribution >= 4 is 31.9 Å². The van der Waals surface area contributed by atoms with E-state index in [1.54, 1.807) is 0 Å². The minimum atomic E-state index is 0.480. The predicted octanol–water partition coefficient (Wildman–Crippen LogP) is 3.02. The van der Waals surface area contributed by atoms with E-state index >= 15 is 0 Å². The van der Waals surface area contributed by atoms with Crippen molar-refractivity contribution in [3.05, 3.63) is 32.7 Å². The van der Waals surface area contributed by atoms with Crippen LogP contribution >= 0.6 is 31.9 Å². The normalized spacial score (nSPS) is 18.5. The third-order valence-electron chi connectivity index (χ3n) is 3.29. The smallest absolute Gasteiger partial charge is 0.0594 e. The van der Waals surface area contributed by atoms with Gasteiger partial charge in [0.15, 0.2) is 0 Å². The number of benzene rings is 1. The van der Waals surface area contributed by atoms with Crippen LogP contribution in [0.1, 0.15) is 12.5 Å². The lowest BCUT2D eigenvalue weighted by Crippen LogP contribution is -2.44. The second-order valence-corrected chi connectivity index (χ2v) is 6.70. The monoisotopic (exact) mass is 390 g/mol. The zero-order valence-electron chi connectivity index (χ0n) is 11.2. The maximum atomic E-state index is 5.36. The van der Waals surface area contributed by atoms with Crippen LogP contribution in [-0.2, 0) is 11.3 Å². The van der Waals surface area contributed by atoms with Crippen LogP contribution in [-0.4, -0.2) is 43.8 Å². The highest BCUT2D eigenvalue weighted by Gasteiger charge is 2.13. The molecular weight excluding hydrogens is 372 g/mol. The number of ether oxygens (including phenoxy) is 1. The van der Waals surface area contributed by atoms with Gasteiger partial charge in [-0.2, -0.15) is 0 Å². The van der Waals surface area contributed by atoms with Crippen LogP contribution in [0.4, 0.5) is 0 Å². The van der Waals surface area contributed by atoms with Gasteiger partial charge in [-0.3, -0.25) is 4.90 Å². The van der Waals surface area contributed by atoms with Gasteiger partial charge in [-0.05, 0) is 24.6 Å². The minimum Gasteiger partial charge on any atom is -0.379 e. The topological polar surface area (TPSA) is 24.5 Å². The van der Waals surface area contributed by atoms with Gasteiger partial charge in [0.25, 0.3) is 0 Å². The first-order valence-corrected chi connectivity index (χ1v) is 8.21. The first-order chi connectivity index (χ1) is 9.15. The average molecular weight is 392 g/mol. The summed E-state index contributed by atoms with van der Waals surface area (Å²) < 4.78 is 7.61. The standard InChI is InChI=1S/C14H20Br2N2O/c1-11(10-18-4-6-19-7-5-18)17-9-12-2-3-13(15)8-14(12)16/h2-3,8,11,17H,4-7,9-10H2,1H3. The second-order valence-electron chi connectivity index (χ2n) is 4.93. The molecule has 0 saturated carbocycles. The maximum absolute atomic E-state index is 5.36. The predicted molar refractivity (Wildman–Crippen MR) is 85.4 cm³/mol. The van der Waals surface area contributed by atoms with Crippen LogP contribution in [0, 0.1) is 0 Å². The van der Waals surface area contributed by atoms with E-state index in [4.69, 9.17) is 4.74 Å². The summed E-state index contributed by atoms with van der Waals surface area (Å²) in [7, 11) is 0. The molecule has 1 aromatic rings. The summed E-state index contributed by atoms with van der Waals surface area (Å²) in [5.74, 6) is 0. The molecule has 19 heavy (non-hydrogen) atoms. The number of rotatable bonds is 5. The molecule has 0 radical (unpaired) electrons. The summed E-state index contributed by atoms with van der Waals surface area (Å²) >= 11 is 7.07. The molecule has 0 aliphatic carbocycles. The number of nitrogens with zero attached hydrogens (tertiary/aromatic N) is 1. The molecule has 1 aliphatic heterocycles. The van der Waals surface area contributed by atoms with Gasteiger partial charge in [-0.1, -0.05) is 37.9 Å². The van der Waals surface area contributed by atoms with Crippen LogP contribution in [0.5, 0.6) is 0 Å². The summed E-state index contributed by atoms with van der Waals surface area (Å²) in [5.41, 5.74) is 1.29. The molecule has 106 valence electrons. The van der Waals surface area contributed by atoms with Crippen molar-refractivity contribution in [1.29, 1.82) is 0 Å². The van der Waals surface area contributed by atoms with Crippen molar-refractivity contribution in [3.8, 4) is 0 Å². The Hall–Kier alpha value is 0.0600. The zero-order chi connectivity index (χ0) is 13.7. The van der Waals surface area contributed by atoms with Crippen LogP contribution in [0.3, 0.4) is 0 Å². The van der Waals surface area contributed by atoms with Gasteiger partial charge in [0.1, 0.15) is 0 Å². The molecule has 5 heteroatoms. The number of morpholine rings is 1. The van der Waals surface area contributed by atoms with Gasteiger partial charge in [-0.15, -0.1) is 0 Å². The first-order valence-electron chi connectivity index (χ1n) is 6.62. The third-order valence-corrected chi connectivity index (χ3v) is 4.52. The Morgan fingerprint density at radius 2 is 2.05 bits per heavy atom. The fraction of sp³-hybridized carbons (Fsp3) is 0.571. The van der Waals surface area contributed by atoms with Crippen molar-refractivity contribution in [2.24, 2.45) is 0 Å². The molecule has 1 aliphatic rings. The van der Waals surface area contributed by atoms with Gasteiger partial charge in [0, 0.05) is 41.2 Å². The quantitative estimate of drug-likeness (QED) is 0.834. The van der Waals surface area contributed by atoms with Crippen molar-refractivity contribution < 1.29 is 4.74 Å². The molecule has 1 aromatic carbocycles. The van der Waals surface area contributed by atoms with Gasteiger partial charge in [-0.25, -0.2) is 0 Å². The molecule has 1 fully saturated rings. The molecule has 1 unspecified atom stereocenters. The van der Waals surface area contributed by atoms with E-state index in [9.17, 15) is 0 Å². The van der Waals surface area contributed by atoms with Crippen molar-refractivity contribution in [3.63, 3.8) is 0 Å². The molecule has 3 nitrogen and oxygen atoms in total. The molecule has 2 rings (SSSR count). The Bertz CT molecular complexity index is 408. The lowest BCUT2D eigenvalue weighted by molar-refractivity contribution is 0.0343. The Labute approximate surface area is 132 Å². The third kappa shape index (κ3) is 5.16. The number of nitrogens with one attached hydrogen (secondary N) is 1. The van der Waals surface area contributed by atoms with E-state index < -0.39 is 0 Å². The summed E-state index contributed by atoms with van der Waals surface area (Å²) in [5, 5.41) is 3.58. The van der Waals surface area contributed by atoms with Crippen molar-refractivity contribution in [2.75, 3.05) is 32.8 Å². The van der Waals surface area contributed by atoms with Crippen molar-refractivity contribution in [1.82, 2.24) is 10.2 Å². The van der Waals surface area contributed by atoms with E-state index in [0.29, 0.717) is 6.04 Å². The molecule has 1 atom stereocenters. The fourth-order valence-corrected chi connectivity index (χ4v) is 3.37. The minimum absolute atomic E-state index is 0.480. The van der Waals surface area contributed by atoms with Crippen LogP contribution in [0.15, 0.2) is 27.1 Å². The van der Waals surface area contributed by atoms with E-state index in [0.717, 1.165) is 48.3 Å². The molecule has 0 bridgehead atoms. The zero-order valence-corrected chi connectivity index (χ0v) is 14.3. The molecule has 0 amide bonds. The highest BCUT2D eigenvalue weighted by molar-refractivity contribution is 9.11. The SMILES string of the molecule is CC(CN1CCOCC1)NCc1ccc(Br)cc1Br. The first kappa shape index (κ1) is 15.4. The largest absolute Gasteiger partial charge is 0.379 e. The average Bonchev–Trinajstić information content (AvgIpc) is 2.39. The van der Waals surface area contributed by atoms with Crippen LogP contribution in [0.25, 0.3) is 0 Å². The van der Waals surface area contributed by atoms with E-state index in [2.05, 4.69) is 67.2 Å². The highest BCUT2D eigenvalue weighted by atomic mass is 79.9. The number of hydrogen-bond donors (Lipinski definition) is 1. The highest BCUT2D eigenvalue weighted by Crippen LogP contribution is 2.21. The maximum Gasteiger partial charge on any atom is 0.0594 e. The molecule has 0 aromatic heterocycles. The summed E-state index contributed by atoms with van der Waals surface area (Å²) in [6.45, 7) is 8.04. The van der Waals surface area contributed by atoms with E-state index in [1.807, 2.05) is 0 Å². The molecule has 1 saturated heterocycles. The summed E-state index contributed by atoms with van der Waals surface area (Å²) in [6.07, 6.45) is 0. The fourth-order valence-electron chi connectivity index (χ4n) is 2.18. The summed E-state index contributed by atoms with van der Waals surface area (Å²) in [4.78, 5) is 2.46. The Kier molecular flexibility index (Phi) is 6.29. The number of hydrogen-bond acceptors (Lipinski definition) is 3. The Morgan fingerprint density at radius 3 is 2.74 bits per heavy atom. The number of halogens is 2. The van der Waals surface area contributed by atoms with E-state index in [-0.39, 0.29) is 0 Å². The van der Waals surface area contributed by atoms with Gasteiger partial charge < -0.3 is 10.1 Å². The van der Waals surface area contributed by atoms with E-state index in [1.165, 1.54) is 5.56 Å². The van der Waals surface area contributed by atoms with Gasteiger partial charge in [0.05, 0.1) is 13.2 Å². The van der Waals surface area contributed by atoms with Crippen LogP contribution in [0.2, 0.25) is 0 Å². The lowest BCUT2D eigenvalue weighted by atomic mass is 10.2. The van der Waals surface area contributed by atoms with Gasteiger partial charge in [0.2, 0.25) is 0 Å². The Balaban J connectivity index is 1.77.